The smallest absolute Gasteiger partial charge is 0.243 e. The number of hydrogen-bond donors (Lipinski definition) is 2. The number of benzene rings is 2. The van der Waals surface area contributed by atoms with Crippen molar-refractivity contribution in [2.75, 3.05) is 36.2 Å². The third-order valence-corrected chi connectivity index (χ3v) is 3.49. The molecule has 0 aliphatic carbocycles. The Hall–Kier alpha value is -2.01. The van der Waals surface area contributed by atoms with Gasteiger partial charge in [-0.1, -0.05) is 15.9 Å². The van der Waals surface area contributed by atoms with Crippen LogP contribution in [0.2, 0.25) is 0 Å². The van der Waals surface area contributed by atoms with Crippen molar-refractivity contribution in [1.29, 1.82) is 0 Å². The fourth-order valence-corrected chi connectivity index (χ4v) is 2.06. The number of halogens is 1. The Morgan fingerprint density at radius 3 is 2.14 bits per heavy atom. The molecule has 5 heteroatoms. The van der Waals surface area contributed by atoms with Crippen LogP contribution in [0, 0.1) is 0 Å². The third-order valence-electron chi connectivity index (χ3n) is 2.96. The lowest BCUT2D eigenvalue weighted by Gasteiger charge is -2.13. The Balaban J connectivity index is 1.85. The maximum absolute atomic E-state index is 11.9. The average molecular weight is 348 g/mol. The first-order valence-corrected chi connectivity index (χ1v) is 7.40. The van der Waals surface area contributed by atoms with E-state index >= 15 is 0 Å². The molecule has 2 rings (SSSR count). The van der Waals surface area contributed by atoms with Crippen molar-refractivity contribution in [1.82, 2.24) is 0 Å². The van der Waals surface area contributed by atoms with Gasteiger partial charge in [-0.05, 0) is 48.5 Å². The summed E-state index contributed by atoms with van der Waals surface area (Å²) in [6.45, 7) is 0.233. The first-order chi connectivity index (χ1) is 10.0. The molecule has 0 fully saturated rings. The van der Waals surface area contributed by atoms with E-state index in [-0.39, 0.29) is 12.5 Å². The number of carbonyl (C=O) groups is 1. The summed E-state index contributed by atoms with van der Waals surface area (Å²) in [5.74, 6) is -0.0736. The van der Waals surface area contributed by atoms with E-state index in [0.717, 1.165) is 21.5 Å². The van der Waals surface area contributed by atoms with Gasteiger partial charge in [0.2, 0.25) is 5.91 Å². The molecule has 2 aromatic rings. The highest BCUT2D eigenvalue weighted by molar-refractivity contribution is 9.10. The summed E-state index contributed by atoms with van der Waals surface area (Å²) in [7, 11) is 3.96. The van der Waals surface area contributed by atoms with Gasteiger partial charge in [-0.25, -0.2) is 0 Å². The molecular formula is C16H18BrN3O. The highest BCUT2D eigenvalue weighted by Gasteiger charge is 2.03. The Morgan fingerprint density at radius 1 is 1.00 bits per heavy atom. The van der Waals surface area contributed by atoms with Crippen molar-refractivity contribution in [2.24, 2.45) is 0 Å². The van der Waals surface area contributed by atoms with E-state index in [1.165, 1.54) is 0 Å². The SMILES string of the molecule is CN(C)c1ccc(NC(=O)CNc2ccc(Br)cc2)cc1. The second-order valence-corrected chi connectivity index (χ2v) is 5.77. The van der Waals surface area contributed by atoms with Crippen LogP contribution in [0.1, 0.15) is 0 Å². The molecule has 1 amide bonds. The van der Waals surface area contributed by atoms with Gasteiger partial charge in [-0.2, -0.15) is 0 Å². The second-order valence-electron chi connectivity index (χ2n) is 4.85. The van der Waals surface area contributed by atoms with Gasteiger partial charge in [0.1, 0.15) is 0 Å². The highest BCUT2D eigenvalue weighted by Crippen LogP contribution is 2.16. The summed E-state index contributed by atoms with van der Waals surface area (Å²) in [6.07, 6.45) is 0. The Morgan fingerprint density at radius 2 is 1.57 bits per heavy atom. The predicted octanol–water partition coefficient (Wildman–Crippen LogP) is 3.57. The number of amides is 1. The Bertz CT molecular complexity index is 594. The van der Waals surface area contributed by atoms with Gasteiger partial charge in [-0.3, -0.25) is 4.79 Å². The second kappa shape index (κ2) is 7.13. The van der Waals surface area contributed by atoms with Crippen molar-refractivity contribution in [3.63, 3.8) is 0 Å². The van der Waals surface area contributed by atoms with Crippen LogP contribution in [-0.4, -0.2) is 26.5 Å². The molecule has 4 nitrogen and oxygen atoms in total. The topological polar surface area (TPSA) is 44.4 Å². The van der Waals surface area contributed by atoms with E-state index in [2.05, 4.69) is 26.6 Å². The van der Waals surface area contributed by atoms with Gasteiger partial charge in [0, 0.05) is 35.6 Å². The number of nitrogens with one attached hydrogen (secondary N) is 2. The minimum Gasteiger partial charge on any atom is -0.378 e. The molecule has 0 aliphatic heterocycles. The molecule has 2 N–H and O–H groups in total. The molecule has 0 saturated carbocycles. The Kier molecular flexibility index (Phi) is 5.22. The molecule has 0 radical (unpaired) electrons. The lowest BCUT2D eigenvalue weighted by atomic mass is 10.2. The first kappa shape index (κ1) is 15.4. The Labute approximate surface area is 133 Å². The van der Waals surface area contributed by atoms with Crippen LogP contribution in [0.5, 0.6) is 0 Å². The van der Waals surface area contributed by atoms with Gasteiger partial charge in [-0.15, -0.1) is 0 Å². The minimum absolute atomic E-state index is 0.0736. The summed E-state index contributed by atoms with van der Waals surface area (Å²) >= 11 is 3.38. The van der Waals surface area contributed by atoms with E-state index in [0.29, 0.717) is 0 Å². The van der Waals surface area contributed by atoms with Crippen LogP contribution in [0.15, 0.2) is 53.0 Å². The number of carbonyl (C=O) groups excluding carboxylic acids is 1. The number of anilines is 3. The third kappa shape index (κ3) is 4.79. The molecule has 0 unspecified atom stereocenters. The minimum atomic E-state index is -0.0736. The summed E-state index contributed by atoms with van der Waals surface area (Å²) in [5.41, 5.74) is 2.81. The molecule has 0 spiro atoms. The van der Waals surface area contributed by atoms with Crippen molar-refractivity contribution in [3.8, 4) is 0 Å². The summed E-state index contributed by atoms with van der Waals surface area (Å²) in [4.78, 5) is 13.9. The molecule has 0 aliphatic rings. The van der Waals surface area contributed by atoms with E-state index in [4.69, 9.17) is 0 Å². The van der Waals surface area contributed by atoms with E-state index < -0.39 is 0 Å². The average Bonchev–Trinajstić information content (AvgIpc) is 2.47. The lowest BCUT2D eigenvalue weighted by molar-refractivity contribution is -0.114. The van der Waals surface area contributed by atoms with Crippen LogP contribution < -0.4 is 15.5 Å². The molecule has 0 saturated heterocycles. The lowest BCUT2D eigenvalue weighted by Crippen LogP contribution is -2.21. The molecule has 110 valence electrons. The van der Waals surface area contributed by atoms with Gasteiger partial charge in [0.05, 0.1) is 6.54 Å². The molecule has 0 aromatic heterocycles. The first-order valence-electron chi connectivity index (χ1n) is 6.61. The monoisotopic (exact) mass is 347 g/mol. The maximum atomic E-state index is 11.9. The molecular weight excluding hydrogens is 330 g/mol. The number of hydrogen-bond acceptors (Lipinski definition) is 3. The van der Waals surface area contributed by atoms with E-state index in [1.807, 2.05) is 67.5 Å². The fraction of sp³-hybridized carbons (Fsp3) is 0.188. The van der Waals surface area contributed by atoms with Crippen LogP contribution >= 0.6 is 15.9 Å². The van der Waals surface area contributed by atoms with Crippen LogP contribution in [0.4, 0.5) is 17.1 Å². The standard InChI is InChI=1S/C16H18BrN3O/c1-20(2)15-9-7-14(8-10-15)19-16(21)11-18-13-5-3-12(17)4-6-13/h3-10,18H,11H2,1-2H3,(H,19,21). The maximum Gasteiger partial charge on any atom is 0.243 e. The number of rotatable bonds is 5. The summed E-state index contributed by atoms with van der Waals surface area (Å²) < 4.78 is 1.01. The normalized spacial score (nSPS) is 10.0. The molecule has 0 atom stereocenters. The molecule has 2 aromatic carbocycles. The van der Waals surface area contributed by atoms with Gasteiger partial charge in [0.15, 0.2) is 0 Å². The molecule has 0 bridgehead atoms. The van der Waals surface area contributed by atoms with Crippen molar-refractivity contribution < 1.29 is 4.79 Å². The fourth-order valence-electron chi connectivity index (χ4n) is 1.80. The van der Waals surface area contributed by atoms with Crippen LogP contribution in [0.25, 0.3) is 0 Å². The quantitative estimate of drug-likeness (QED) is 0.868. The molecule has 0 heterocycles. The molecule has 21 heavy (non-hydrogen) atoms. The van der Waals surface area contributed by atoms with Gasteiger partial charge < -0.3 is 15.5 Å². The predicted molar refractivity (Wildman–Crippen MR) is 92.0 cm³/mol. The zero-order chi connectivity index (χ0) is 15.2. The zero-order valence-electron chi connectivity index (χ0n) is 12.1. The largest absolute Gasteiger partial charge is 0.378 e. The highest BCUT2D eigenvalue weighted by atomic mass is 79.9. The zero-order valence-corrected chi connectivity index (χ0v) is 13.6. The van der Waals surface area contributed by atoms with E-state index in [1.54, 1.807) is 0 Å². The van der Waals surface area contributed by atoms with Crippen LogP contribution in [0.3, 0.4) is 0 Å². The van der Waals surface area contributed by atoms with E-state index in [9.17, 15) is 4.79 Å². The van der Waals surface area contributed by atoms with Gasteiger partial charge >= 0.3 is 0 Å². The van der Waals surface area contributed by atoms with Crippen molar-refractivity contribution in [3.05, 3.63) is 53.0 Å². The summed E-state index contributed by atoms with van der Waals surface area (Å²) in [6, 6.07) is 15.4. The van der Waals surface area contributed by atoms with Crippen molar-refractivity contribution in [2.45, 2.75) is 0 Å². The van der Waals surface area contributed by atoms with Gasteiger partial charge in [0.25, 0.3) is 0 Å². The number of nitrogens with zero attached hydrogens (tertiary/aromatic N) is 1. The van der Waals surface area contributed by atoms with Crippen molar-refractivity contribution >= 4 is 38.9 Å². The van der Waals surface area contributed by atoms with Crippen LogP contribution in [-0.2, 0) is 4.79 Å². The summed E-state index contributed by atoms with van der Waals surface area (Å²) in [5, 5.41) is 5.94.